The van der Waals surface area contributed by atoms with E-state index in [1.165, 1.54) is 7.05 Å². The van der Waals surface area contributed by atoms with Crippen molar-refractivity contribution in [2.24, 2.45) is 10.7 Å². The van der Waals surface area contributed by atoms with Crippen molar-refractivity contribution >= 4 is 11.9 Å². The van der Waals surface area contributed by atoms with Gasteiger partial charge in [0.25, 0.3) is 0 Å². The van der Waals surface area contributed by atoms with Crippen LogP contribution in [0.2, 0.25) is 0 Å². The summed E-state index contributed by atoms with van der Waals surface area (Å²) in [6.45, 7) is 0. The quantitative estimate of drug-likeness (QED) is 0.320. The summed E-state index contributed by atoms with van der Waals surface area (Å²) in [4.78, 5) is 14.7. The van der Waals surface area contributed by atoms with Crippen molar-refractivity contribution < 1.29 is 9.90 Å². The van der Waals surface area contributed by atoms with Gasteiger partial charge in [-0.1, -0.05) is 30.3 Å². The van der Waals surface area contributed by atoms with Crippen molar-refractivity contribution in [3.63, 3.8) is 0 Å². The van der Waals surface area contributed by atoms with Crippen LogP contribution in [0.15, 0.2) is 35.3 Å². The first kappa shape index (κ1) is 13.0. The fraction of sp³-hybridized carbons (Fsp3) is 0.273. The van der Waals surface area contributed by atoms with Crippen LogP contribution in [0, 0.1) is 0 Å². The number of benzene rings is 1. The molecular weight excluding hydrogens is 220 g/mol. The second-order valence-electron chi connectivity index (χ2n) is 3.46. The van der Waals surface area contributed by atoms with Crippen molar-refractivity contribution in [1.82, 2.24) is 10.9 Å². The molecule has 0 unspecified atom stereocenters. The van der Waals surface area contributed by atoms with Crippen LogP contribution < -0.4 is 16.6 Å². The zero-order valence-corrected chi connectivity index (χ0v) is 9.55. The van der Waals surface area contributed by atoms with E-state index in [0.717, 1.165) is 5.56 Å². The molecule has 0 aliphatic carbocycles. The standard InChI is InChI=1S/C11H16N4O2/c1-13-11(12)15-14-9(10(16)17)7-8-5-3-2-4-6-8/h2-6,9,14H,7H2,1H3,(H,16,17)(H3,12,13,15)/t9-/m0/s1. The van der Waals surface area contributed by atoms with E-state index in [2.05, 4.69) is 15.8 Å². The molecule has 6 nitrogen and oxygen atoms in total. The summed E-state index contributed by atoms with van der Waals surface area (Å²) >= 11 is 0. The lowest BCUT2D eigenvalue weighted by atomic mass is 10.1. The predicted molar refractivity (Wildman–Crippen MR) is 65.4 cm³/mol. The van der Waals surface area contributed by atoms with Crippen molar-refractivity contribution in [3.05, 3.63) is 35.9 Å². The Morgan fingerprint density at radius 3 is 2.65 bits per heavy atom. The predicted octanol–water partition coefficient (Wildman–Crippen LogP) is -0.279. The monoisotopic (exact) mass is 236 g/mol. The molecule has 0 radical (unpaired) electrons. The molecule has 0 aliphatic rings. The molecule has 6 heteroatoms. The van der Waals surface area contributed by atoms with Gasteiger partial charge in [0.05, 0.1) is 0 Å². The highest BCUT2D eigenvalue weighted by Crippen LogP contribution is 2.02. The highest BCUT2D eigenvalue weighted by atomic mass is 16.4. The Hall–Kier alpha value is -2.08. The molecule has 17 heavy (non-hydrogen) atoms. The molecule has 1 aromatic carbocycles. The smallest absolute Gasteiger partial charge is 0.322 e. The van der Waals surface area contributed by atoms with Gasteiger partial charge in [-0.3, -0.25) is 15.2 Å². The molecule has 1 rings (SSSR count). The Morgan fingerprint density at radius 1 is 1.47 bits per heavy atom. The third kappa shape index (κ3) is 4.52. The van der Waals surface area contributed by atoms with Crippen LogP contribution in [0.3, 0.4) is 0 Å². The number of nitrogens with zero attached hydrogens (tertiary/aromatic N) is 1. The maximum atomic E-state index is 11.0. The molecule has 1 atom stereocenters. The summed E-state index contributed by atoms with van der Waals surface area (Å²) in [6.07, 6.45) is 0.361. The minimum atomic E-state index is -0.953. The van der Waals surface area contributed by atoms with Crippen LogP contribution in [0.25, 0.3) is 0 Å². The van der Waals surface area contributed by atoms with E-state index in [0.29, 0.717) is 6.42 Å². The number of carbonyl (C=O) groups is 1. The molecule has 0 aromatic heterocycles. The van der Waals surface area contributed by atoms with Gasteiger partial charge in [-0.05, 0) is 5.56 Å². The molecule has 0 aliphatic heterocycles. The van der Waals surface area contributed by atoms with Crippen molar-refractivity contribution in [2.45, 2.75) is 12.5 Å². The van der Waals surface area contributed by atoms with Crippen LogP contribution >= 0.6 is 0 Å². The summed E-state index contributed by atoms with van der Waals surface area (Å²) in [5.74, 6) is -0.811. The topological polar surface area (TPSA) is 99.7 Å². The van der Waals surface area contributed by atoms with Gasteiger partial charge in [-0.15, -0.1) is 0 Å². The number of nitrogens with one attached hydrogen (secondary N) is 2. The van der Waals surface area contributed by atoms with Crippen LogP contribution in [0.5, 0.6) is 0 Å². The molecule has 0 bridgehead atoms. The number of nitrogens with two attached hydrogens (primary N) is 1. The summed E-state index contributed by atoms with van der Waals surface area (Å²) in [7, 11) is 1.51. The van der Waals surface area contributed by atoms with E-state index in [1.807, 2.05) is 30.3 Å². The first-order valence-corrected chi connectivity index (χ1v) is 5.14. The van der Waals surface area contributed by atoms with Crippen LogP contribution in [-0.4, -0.2) is 30.1 Å². The van der Waals surface area contributed by atoms with Crippen molar-refractivity contribution in [2.75, 3.05) is 7.05 Å². The number of rotatable bonds is 5. The number of hydrogen-bond donors (Lipinski definition) is 4. The minimum absolute atomic E-state index is 0.143. The highest BCUT2D eigenvalue weighted by Gasteiger charge is 2.17. The lowest BCUT2D eigenvalue weighted by Gasteiger charge is -2.15. The third-order valence-corrected chi connectivity index (χ3v) is 2.20. The third-order valence-electron chi connectivity index (χ3n) is 2.20. The lowest BCUT2D eigenvalue weighted by Crippen LogP contribution is -2.51. The Labute approximate surface area is 99.5 Å². The van der Waals surface area contributed by atoms with E-state index < -0.39 is 12.0 Å². The second kappa shape index (κ2) is 6.49. The molecular formula is C11H16N4O2. The molecule has 0 spiro atoms. The molecule has 1 aromatic rings. The summed E-state index contributed by atoms with van der Waals surface area (Å²) < 4.78 is 0. The Balaban J connectivity index is 2.58. The van der Waals surface area contributed by atoms with E-state index >= 15 is 0 Å². The van der Waals surface area contributed by atoms with Gasteiger partial charge < -0.3 is 10.8 Å². The molecule has 0 heterocycles. The highest BCUT2D eigenvalue weighted by molar-refractivity contribution is 5.78. The molecule has 0 amide bonds. The van der Waals surface area contributed by atoms with Gasteiger partial charge in [0, 0.05) is 13.5 Å². The number of carboxylic acids is 1. The summed E-state index contributed by atoms with van der Waals surface area (Å²) in [6, 6.07) is 8.58. The number of guanidine groups is 1. The largest absolute Gasteiger partial charge is 0.480 e. The number of aliphatic carboxylic acids is 1. The fourth-order valence-electron chi connectivity index (χ4n) is 1.27. The maximum absolute atomic E-state index is 11.0. The maximum Gasteiger partial charge on any atom is 0.322 e. The molecule has 92 valence electrons. The average molecular weight is 236 g/mol. The van der Waals surface area contributed by atoms with E-state index in [4.69, 9.17) is 10.8 Å². The van der Waals surface area contributed by atoms with E-state index in [9.17, 15) is 4.79 Å². The molecule has 0 fully saturated rings. The second-order valence-corrected chi connectivity index (χ2v) is 3.46. The van der Waals surface area contributed by atoms with E-state index in [1.54, 1.807) is 0 Å². The SMILES string of the molecule is CN=C(N)NN[C@@H](Cc1ccccc1)C(=O)O. The molecule has 0 saturated carbocycles. The van der Waals surface area contributed by atoms with Gasteiger partial charge in [0.15, 0.2) is 0 Å². The number of hydrazine groups is 1. The van der Waals surface area contributed by atoms with Crippen LogP contribution in [0.1, 0.15) is 5.56 Å². The van der Waals surface area contributed by atoms with Gasteiger partial charge in [-0.25, -0.2) is 5.43 Å². The summed E-state index contributed by atoms with van der Waals surface area (Å²) in [5, 5.41) is 9.04. The zero-order chi connectivity index (χ0) is 12.7. The van der Waals surface area contributed by atoms with Crippen molar-refractivity contribution in [1.29, 1.82) is 0 Å². The molecule has 5 N–H and O–H groups in total. The van der Waals surface area contributed by atoms with Gasteiger partial charge >= 0.3 is 5.97 Å². The van der Waals surface area contributed by atoms with Gasteiger partial charge in [0.1, 0.15) is 6.04 Å². The van der Waals surface area contributed by atoms with E-state index in [-0.39, 0.29) is 5.96 Å². The number of hydrogen-bond acceptors (Lipinski definition) is 3. The Bertz CT molecular complexity index is 392. The molecule has 0 saturated heterocycles. The number of carboxylic acid groups (broad SMARTS) is 1. The summed E-state index contributed by atoms with van der Waals surface area (Å²) in [5.41, 5.74) is 11.5. The first-order valence-electron chi connectivity index (χ1n) is 5.14. The first-order chi connectivity index (χ1) is 8.13. The Kier molecular flexibility index (Phi) is 4.96. The number of aliphatic imine (C=N–C) groups is 1. The Morgan fingerprint density at radius 2 is 2.12 bits per heavy atom. The zero-order valence-electron chi connectivity index (χ0n) is 9.55. The average Bonchev–Trinajstić information content (AvgIpc) is 2.34. The van der Waals surface area contributed by atoms with Crippen molar-refractivity contribution in [3.8, 4) is 0 Å². The minimum Gasteiger partial charge on any atom is -0.480 e. The van der Waals surface area contributed by atoms with Crippen LogP contribution in [0.4, 0.5) is 0 Å². The van der Waals surface area contributed by atoms with Gasteiger partial charge in [-0.2, -0.15) is 0 Å². The van der Waals surface area contributed by atoms with Gasteiger partial charge in [0.2, 0.25) is 5.96 Å². The fourth-order valence-corrected chi connectivity index (χ4v) is 1.27. The van der Waals surface area contributed by atoms with Crippen LogP contribution in [-0.2, 0) is 11.2 Å². The lowest BCUT2D eigenvalue weighted by molar-refractivity contribution is -0.139. The normalized spacial score (nSPS) is 13.1.